The van der Waals surface area contributed by atoms with Crippen LogP contribution in [0.5, 0.6) is 5.75 Å². The Morgan fingerprint density at radius 3 is 2.54 bits per heavy atom. The predicted molar refractivity (Wildman–Crippen MR) is 141 cm³/mol. The molecule has 4 aromatic rings. The third kappa shape index (κ3) is 6.29. The van der Waals surface area contributed by atoms with Crippen molar-refractivity contribution in [2.45, 2.75) is 13.3 Å². The molecule has 1 fully saturated rings. The van der Waals surface area contributed by atoms with E-state index in [1.165, 1.54) is 35.3 Å². The first-order valence-electron chi connectivity index (χ1n) is 11.7. The van der Waals surface area contributed by atoms with E-state index in [4.69, 9.17) is 11.6 Å². The van der Waals surface area contributed by atoms with Gasteiger partial charge in [-0.25, -0.2) is 14.5 Å². The number of hydrogen-bond acceptors (Lipinski definition) is 4. The number of halogens is 4. The second-order valence-corrected chi connectivity index (χ2v) is 8.94. The van der Waals surface area contributed by atoms with Gasteiger partial charge in [-0.3, -0.25) is 0 Å². The van der Waals surface area contributed by atoms with Gasteiger partial charge in [-0.05, 0) is 79.2 Å². The highest BCUT2D eigenvalue weighted by Gasteiger charge is 2.31. The van der Waals surface area contributed by atoms with Crippen molar-refractivity contribution < 1.29 is 22.7 Å². The molecule has 200 valence electrons. The minimum Gasteiger partial charge on any atom is -0.406 e. The molecule has 1 saturated heterocycles. The van der Waals surface area contributed by atoms with Crippen LogP contribution in [0.3, 0.4) is 0 Å². The Morgan fingerprint density at radius 1 is 1.10 bits per heavy atom. The molecule has 0 unspecified atom stereocenters. The first-order chi connectivity index (χ1) is 18.6. The van der Waals surface area contributed by atoms with Crippen LogP contribution >= 0.6 is 11.6 Å². The molecule has 39 heavy (non-hydrogen) atoms. The molecule has 13 heteroatoms. The number of amides is 2. The number of carbonyl (C=O) groups excluding carboxylic acids is 1. The van der Waals surface area contributed by atoms with Gasteiger partial charge < -0.3 is 20.3 Å². The van der Waals surface area contributed by atoms with Crippen LogP contribution in [0.25, 0.3) is 17.1 Å². The van der Waals surface area contributed by atoms with Crippen LogP contribution in [-0.4, -0.2) is 46.2 Å². The average molecular weight is 556 g/mol. The number of aromatic nitrogens is 3. The minimum atomic E-state index is -4.76. The summed E-state index contributed by atoms with van der Waals surface area (Å²) in [5, 5.41) is 10.9. The Labute approximate surface area is 225 Å². The van der Waals surface area contributed by atoms with Gasteiger partial charge in [0.1, 0.15) is 12.1 Å². The molecule has 1 aliphatic rings. The van der Waals surface area contributed by atoms with Gasteiger partial charge in [0.2, 0.25) is 5.96 Å². The summed E-state index contributed by atoms with van der Waals surface area (Å²) in [6, 6.07) is 17.1. The number of nitrogens with zero attached hydrogens (tertiary/aromatic N) is 5. The van der Waals surface area contributed by atoms with Gasteiger partial charge in [0.05, 0.1) is 5.69 Å². The van der Waals surface area contributed by atoms with Crippen molar-refractivity contribution >= 4 is 35.0 Å². The molecule has 1 aliphatic heterocycles. The van der Waals surface area contributed by atoms with E-state index in [9.17, 15) is 18.0 Å². The summed E-state index contributed by atoms with van der Waals surface area (Å²) in [6.07, 6.45) is -3.31. The van der Waals surface area contributed by atoms with Gasteiger partial charge in [0.15, 0.2) is 5.82 Å². The summed E-state index contributed by atoms with van der Waals surface area (Å²) in [5.41, 5.74) is 3.60. The van der Waals surface area contributed by atoms with Crippen molar-refractivity contribution in [2.75, 3.05) is 23.3 Å². The molecule has 1 aromatic heterocycles. The Kier molecular flexibility index (Phi) is 7.11. The topological polar surface area (TPSA) is 96.7 Å². The van der Waals surface area contributed by atoms with Gasteiger partial charge in [-0.1, -0.05) is 11.6 Å². The van der Waals surface area contributed by atoms with Gasteiger partial charge in [-0.15, -0.1) is 18.3 Å². The fourth-order valence-corrected chi connectivity index (χ4v) is 4.23. The highest BCUT2D eigenvalue weighted by Crippen LogP contribution is 2.26. The molecule has 2 amide bonds. The van der Waals surface area contributed by atoms with Gasteiger partial charge in [0, 0.05) is 35.1 Å². The zero-order valence-corrected chi connectivity index (χ0v) is 21.2. The number of urea groups is 1. The number of nitrogens with one attached hydrogen (secondary N) is 2. The Balaban J connectivity index is 1.24. The Bertz CT molecular complexity index is 1520. The monoisotopic (exact) mass is 555 g/mol. The molecule has 2 heterocycles. The van der Waals surface area contributed by atoms with Crippen LogP contribution in [-0.2, 0) is 0 Å². The standard InChI is InChI=1S/C26H21ClF3N7O2/c1-16-14-18(27)4-11-22(16)36-13-12-31-24(36)34-25(38)33-19-5-2-17(3-6-19)23-32-15-37(35-23)20-7-9-21(10-8-20)39-26(28,29)30/h2-11,14-15H,12-13H2,1H3,(H2,31,33,34,38). The lowest BCUT2D eigenvalue weighted by Crippen LogP contribution is -2.32. The summed E-state index contributed by atoms with van der Waals surface area (Å²) in [6.45, 7) is 3.25. The van der Waals surface area contributed by atoms with E-state index < -0.39 is 12.4 Å². The number of alkyl halides is 3. The second-order valence-electron chi connectivity index (χ2n) is 8.51. The molecular weight excluding hydrogens is 535 g/mol. The number of guanidine groups is 1. The van der Waals surface area contributed by atoms with E-state index in [0.29, 0.717) is 46.8 Å². The molecule has 0 bridgehead atoms. The largest absolute Gasteiger partial charge is 0.573 e. The zero-order valence-electron chi connectivity index (χ0n) is 20.4. The Morgan fingerprint density at radius 2 is 1.85 bits per heavy atom. The molecular formula is C26H21ClF3N7O2. The van der Waals surface area contributed by atoms with E-state index in [-0.39, 0.29) is 5.75 Å². The summed E-state index contributed by atoms with van der Waals surface area (Å²) >= 11 is 6.06. The maximum Gasteiger partial charge on any atom is 0.573 e. The van der Waals surface area contributed by atoms with Crippen LogP contribution in [0.4, 0.5) is 29.3 Å². The summed E-state index contributed by atoms with van der Waals surface area (Å²) in [7, 11) is 0. The number of ether oxygens (including phenoxy) is 1. The normalized spacial score (nSPS) is 14.4. The average Bonchev–Trinajstić information content (AvgIpc) is 3.54. The van der Waals surface area contributed by atoms with Crippen molar-refractivity contribution in [1.82, 2.24) is 20.1 Å². The molecule has 0 spiro atoms. The first-order valence-corrected chi connectivity index (χ1v) is 12.1. The molecule has 0 saturated carbocycles. The van der Waals surface area contributed by atoms with Gasteiger partial charge >= 0.3 is 12.4 Å². The lowest BCUT2D eigenvalue weighted by molar-refractivity contribution is -0.274. The number of hydrogen-bond donors (Lipinski definition) is 2. The predicted octanol–water partition coefficient (Wildman–Crippen LogP) is 5.79. The number of aryl methyl sites for hydroxylation is 1. The SMILES string of the molecule is Cc1cc(Cl)ccc1N1CCN/C1=N\C(=O)Nc1ccc(-c2ncn(-c3ccc(OC(F)(F)F)cc3)n2)cc1. The van der Waals surface area contributed by atoms with Crippen molar-refractivity contribution in [3.8, 4) is 22.8 Å². The van der Waals surface area contributed by atoms with Crippen LogP contribution < -0.4 is 20.3 Å². The molecule has 0 aliphatic carbocycles. The third-order valence-corrected chi connectivity index (χ3v) is 5.99. The quantitative estimate of drug-likeness (QED) is 0.323. The van der Waals surface area contributed by atoms with Crippen molar-refractivity contribution in [2.24, 2.45) is 4.99 Å². The number of rotatable bonds is 5. The zero-order chi connectivity index (χ0) is 27.6. The maximum absolute atomic E-state index is 12.6. The maximum atomic E-state index is 12.6. The minimum absolute atomic E-state index is 0.328. The fourth-order valence-electron chi connectivity index (χ4n) is 4.01. The Hall–Kier alpha value is -4.58. The van der Waals surface area contributed by atoms with Crippen LogP contribution in [0, 0.1) is 6.92 Å². The molecule has 5 rings (SSSR count). The van der Waals surface area contributed by atoms with E-state index in [1.54, 1.807) is 30.3 Å². The van der Waals surface area contributed by atoms with Gasteiger partial charge in [0.25, 0.3) is 0 Å². The van der Waals surface area contributed by atoms with Crippen LogP contribution in [0.1, 0.15) is 5.56 Å². The first kappa shape index (κ1) is 26.0. The van der Waals surface area contributed by atoms with E-state index in [2.05, 4.69) is 30.4 Å². The number of benzene rings is 3. The number of anilines is 2. The van der Waals surface area contributed by atoms with Crippen molar-refractivity contribution in [1.29, 1.82) is 0 Å². The number of aliphatic imine (C=N–C) groups is 1. The highest BCUT2D eigenvalue weighted by atomic mass is 35.5. The lowest BCUT2D eigenvalue weighted by Gasteiger charge is -2.20. The molecule has 9 nitrogen and oxygen atoms in total. The lowest BCUT2D eigenvalue weighted by atomic mass is 10.2. The van der Waals surface area contributed by atoms with Gasteiger partial charge in [-0.2, -0.15) is 4.99 Å². The van der Waals surface area contributed by atoms with E-state index in [0.717, 1.165) is 11.3 Å². The second kappa shape index (κ2) is 10.7. The molecule has 0 radical (unpaired) electrons. The van der Waals surface area contributed by atoms with Crippen molar-refractivity contribution in [3.05, 3.63) is 83.6 Å². The van der Waals surface area contributed by atoms with E-state index in [1.807, 2.05) is 24.0 Å². The summed E-state index contributed by atoms with van der Waals surface area (Å²) in [4.78, 5) is 23.0. The molecule has 0 atom stereocenters. The summed E-state index contributed by atoms with van der Waals surface area (Å²) in [5.74, 6) is 0.515. The van der Waals surface area contributed by atoms with Crippen molar-refractivity contribution in [3.63, 3.8) is 0 Å². The van der Waals surface area contributed by atoms with Crippen LogP contribution in [0.2, 0.25) is 5.02 Å². The fraction of sp³-hybridized carbons (Fsp3) is 0.154. The number of carbonyl (C=O) groups is 1. The highest BCUT2D eigenvalue weighted by molar-refractivity contribution is 6.30. The van der Waals surface area contributed by atoms with E-state index >= 15 is 0 Å². The van der Waals surface area contributed by atoms with Crippen LogP contribution in [0.15, 0.2) is 78.0 Å². The smallest absolute Gasteiger partial charge is 0.406 e. The summed E-state index contributed by atoms with van der Waals surface area (Å²) < 4.78 is 42.4. The molecule has 2 N–H and O–H groups in total. The molecule has 3 aromatic carbocycles. The third-order valence-electron chi connectivity index (χ3n) is 5.75.